The summed E-state index contributed by atoms with van der Waals surface area (Å²) in [7, 11) is 9.75. The second-order valence-electron chi connectivity index (χ2n) is 8.92. The molecule has 1 aliphatic heterocycles. The fraction of sp³-hybridized carbons (Fsp3) is 0.250. The van der Waals surface area contributed by atoms with E-state index in [-0.39, 0.29) is 48.3 Å². The molecule has 266 valence electrons. The van der Waals surface area contributed by atoms with Crippen molar-refractivity contribution < 1.29 is 50.3 Å². The van der Waals surface area contributed by atoms with Gasteiger partial charge in [-0.05, 0) is 30.7 Å². The third-order valence-corrected chi connectivity index (χ3v) is 5.90. The molecule has 1 aliphatic rings. The second kappa shape index (κ2) is 21.1. The minimum Gasteiger partial charge on any atom is -0.693 e. The maximum atomic E-state index is 12.3. The van der Waals surface area contributed by atoms with E-state index in [1.54, 1.807) is 17.1 Å². The number of hydrogen-bond acceptors (Lipinski definition) is 11. The number of benzene rings is 1. The Kier molecular flexibility index (Phi) is 19.0. The number of fused-ring (bicyclic) bond motifs is 1. The molecule has 0 bridgehead atoms. The number of hydrogen-bond donors (Lipinski definition) is 9. The first-order valence-corrected chi connectivity index (χ1v) is 18.2. The number of nitrogens with two attached hydrogens (primary N) is 3. The van der Waals surface area contributed by atoms with Crippen LogP contribution in [0.2, 0.25) is 0 Å². The monoisotopic (exact) mass is 900 g/mol. The van der Waals surface area contributed by atoms with Gasteiger partial charge < -0.3 is 54.1 Å². The van der Waals surface area contributed by atoms with Gasteiger partial charge in [-0.25, -0.2) is 9.59 Å². The van der Waals surface area contributed by atoms with Crippen LogP contribution >= 0.6 is 18.8 Å². The van der Waals surface area contributed by atoms with Crippen LogP contribution in [-0.2, 0) is 30.9 Å². The molecule has 24 heteroatoms. The molecule has 3 aromatic rings. The Bertz CT molecular complexity index is 1710. The molecule has 0 saturated heterocycles. The smallest absolute Gasteiger partial charge is 0.693 e. The van der Waals surface area contributed by atoms with Crippen LogP contribution in [0.25, 0.3) is 12.3 Å². The number of H-pyrrole nitrogens is 3. The number of nitrogen functional groups attached to an aromatic ring is 1. The zero-order valence-corrected chi connectivity index (χ0v) is 28.1. The van der Waals surface area contributed by atoms with Crippen molar-refractivity contribution in [1.82, 2.24) is 25.3 Å². The number of carbonyl (C=O) groups excluding carboxylic acids is 2. The van der Waals surface area contributed by atoms with E-state index in [0.29, 0.717) is 24.8 Å². The summed E-state index contributed by atoms with van der Waals surface area (Å²) in [5.74, 6) is -4.00. The molecule has 1 unspecified atom stereocenters. The van der Waals surface area contributed by atoms with E-state index in [2.05, 4.69) is 25.9 Å². The van der Waals surface area contributed by atoms with E-state index >= 15 is 0 Å². The van der Waals surface area contributed by atoms with Crippen LogP contribution in [0.1, 0.15) is 23.2 Å². The molecule has 0 fully saturated rings. The Morgan fingerprint density at radius 3 is 2.27 bits per heavy atom. The predicted molar refractivity (Wildman–Crippen MR) is 171 cm³/mol. The van der Waals surface area contributed by atoms with E-state index in [4.69, 9.17) is 29.7 Å². The Morgan fingerprint density at radius 1 is 1.12 bits per heavy atom. The number of aliphatic carboxylic acids is 2. The molecule has 2 aromatic heterocycles. The van der Waals surface area contributed by atoms with Gasteiger partial charge in [0.25, 0.3) is 17.0 Å². The number of rotatable bonds is 10. The summed E-state index contributed by atoms with van der Waals surface area (Å²) in [5.41, 5.74) is 4.13. The van der Waals surface area contributed by atoms with E-state index in [1.807, 2.05) is 4.98 Å². The average Bonchev–Trinajstić information content (AvgIpc) is 3.00. The Balaban J connectivity index is 0.00000134. The fourth-order valence-corrected chi connectivity index (χ4v) is 3.79. The molecule has 2 atom stereocenters. The fourth-order valence-electron chi connectivity index (χ4n) is 3.79. The van der Waals surface area contributed by atoms with Gasteiger partial charge in [-0.3, -0.25) is 33.9 Å². The summed E-state index contributed by atoms with van der Waals surface area (Å²) < 4.78 is 12.0. The van der Waals surface area contributed by atoms with Crippen molar-refractivity contribution in [2.45, 2.75) is 24.9 Å². The molecule has 20 nitrogen and oxygen atoms in total. The third kappa shape index (κ3) is 13.1. The van der Waals surface area contributed by atoms with Crippen LogP contribution in [0.3, 0.4) is 0 Å². The number of carboxylic acids is 2. The van der Waals surface area contributed by atoms with Gasteiger partial charge >= 0.3 is 52.9 Å². The number of amides is 2. The summed E-state index contributed by atoms with van der Waals surface area (Å²) in [6.45, 7) is 0.568. The second-order valence-corrected chi connectivity index (χ2v) is 12.2. The Hall–Kier alpha value is -4.82. The molecular formula is C24H30Cl2FN11O9Pt. The van der Waals surface area contributed by atoms with Gasteiger partial charge in [-0.1, -0.05) is 0 Å². The summed E-state index contributed by atoms with van der Waals surface area (Å²) >= 11 is -0.472. The number of aromatic amines is 3. The molecule has 3 heterocycles. The van der Waals surface area contributed by atoms with E-state index in [1.165, 1.54) is 17.0 Å². The quantitative estimate of drug-likeness (QED) is 0.130. The van der Waals surface area contributed by atoms with E-state index in [0.717, 1.165) is 0 Å². The van der Waals surface area contributed by atoms with Gasteiger partial charge in [0, 0.05) is 37.0 Å². The molecular weight excluding hydrogens is 871 g/mol. The van der Waals surface area contributed by atoms with Crippen LogP contribution in [0.15, 0.2) is 44.8 Å². The normalized spacial score (nSPS) is 13.1. The molecule has 1 aromatic carbocycles. The first kappa shape index (κ1) is 43.2. The maximum absolute atomic E-state index is 12.3. The number of carbonyl (C=O) groups is 4. The van der Waals surface area contributed by atoms with Crippen molar-refractivity contribution in [2.75, 3.05) is 34.4 Å². The van der Waals surface area contributed by atoms with Gasteiger partial charge in [0.2, 0.25) is 18.2 Å². The Labute approximate surface area is 285 Å². The Morgan fingerprint density at radius 2 is 1.75 bits per heavy atom. The van der Waals surface area contributed by atoms with E-state index < -0.39 is 75.5 Å². The standard InChI is InChI=1S/C20H23N7O7.C4H3FN2O2.2ClH.2H2N.Pt/c21-20-25-16-15(18(32)26-20)27(9-28)12(8-23-16)7-22-11-3-1-10(2-4-11)17(31)24-13(19(33)34)5-6-14(29)30;5-2-1-6-4(9)7-3(2)8;;;;;/h1-4,9,12-13,22H,5-8H2,(H,24,31)(H,29,30)(H,33,34)(H4,21,23,25,26,32);1H,(H2,6,7,8,9);2*1H;2*1H2;/q;;;;2*-1;+4/p-2/t12?,13-;;;;;;/m0....../s1. The van der Waals surface area contributed by atoms with Gasteiger partial charge in [-0.2, -0.15) is 9.37 Å². The van der Waals surface area contributed by atoms with Gasteiger partial charge in [0.1, 0.15) is 6.04 Å². The van der Waals surface area contributed by atoms with Gasteiger partial charge in [0.15, 0.2) is 11.5 Å². The largest absolute Gasteiger partial charge is 0.693 e. The number of nitrogens with one attached hydrogen (secondary N) is 6. The van der Waals surface area contributed by atoms with Crippen molar-refractivity contribution in [2.24, 2.45) is 0 Å². The summed E-state index contributed by atoms with van der Waals surface area (Å²) in [6.07, 6.45) is 0.609. The molecule has 14 N–H and O–H groups in total. The SMILES string of the molecule is Nc1nc2c(c(=O)[nH]1)N(C=O)C(CNc1ccc(C(=O)N[C@@H](CCC(=O)O)C(=O)O)cc1)CN2.O=c1[nH]cc(F)c(=O)[nH]1.[Cl][Pt+2][Cl].[NH2-].[NH2-]. The number of carboxylic acid groups (broad SMARTS) is 2. The molecule has 2 amide bonds. The van der Waals surface area contributed by atoms with E-state index in [9.17, 15) is 43.1 Å². The summed E-state index contributed by atoms with van der Waals surface area (Å²) in [4.78, 5) is 89.7. The molecule has 4 rings (SSSR count). The third-order valence-electron chi connectivity index (χ3n) is 5.90. The van der Waals surface area contributed by atoms with Crippen LogP contribution in [0.4, 0.5) is 27.5 Å². The number of anilines is 4. The van der Waals surface area contributed by atoms with Crippen molar-refractivity contribution >= 4 is 66.2 Å². The first-order valence-electron chi connectivity index (χ1n) is 12.6. The first-order chi connectivity index (χ1) is 21.8. The van der Waals surface area contributed by atoms with Crippen molar-refractivity contribution in [3.63, 3.8) is 0 Å². The van der Waals surface area contributed by atoms with Crippen molar-refractivity contribution in [1.29, 1.82) is 0 Å². The molecule has 0 aliphatic carbocycles. The number of halogens is 3. The summed E-state index contributed by atoms with van der Waals surface area (Å²) in [6, 6.07) is 4.36. The van der Waals surface area contributed by atoms with Crippen LogP contribution in [0, 0.1) is 5.82 Å². The predicted octanol–water partition coefficient (Wildman–Crippen LogP) is 1.28. The topological polar surface area (TPSA) is 353 Å². The van der Waals surface area contributed by atoms with Crippen LogP contribution in [0.5, 0.6) is 0 Å². The number of nitrogens with zero attached hydrogens (tertiary/aromatic N) is 2. The van der Waals surface area contributed by atoms with Crippen molar-refractivity contribution in [3.8, 4) is 0 Å². The zero-order valence-electron chi connectivity index (χ0n) is 24.3. The van der Waals surface area contributed by atoms with Crippen LogP contribution < -0.4 is 43.4 Å². The van der Waals surface area contributed by atoms with Crippen LogP contribution in [-0.4, -0.2) is 79.6 Å². The molecule has 0 saturated carbocycles. The minimum absolute atomic E-state index is 0. The van der Waals surface area contributed by atoms with Crippen molar-refractivity contribution in [3.05, 3.63) is 85.3 Å². The van der Waals surface area contributed by atoms with Gasteiger partial charge in [-0.15, -0.1) is 0 Å². The number of aromatic nitrogens is 4. The maximum Gasteiger partial charge on any atom is -0.693 e. The average molecular weight is 902 g/mol. The molecule has 48 heavy (non-hydrogen) atoms. The molecule has 0 radical (unpaired) electrons. The minimum atomic E-state index is -1.33. The zero-order chi connectivity index (χ0) is 34.4. The summed E-state index contributed by atoms with van der Waals surface area (Å²) in [5, 5.41) is 26.3. The van der Waals surface area contributed by atoms with Gasteiger partial charge in [0.05, 0.1) is 6.04 Å². The molecule has 0 spiro atoms.